The highest BCUT2D eigenvalue weighted by molar-refractivity contribution is 7.85. The Kier molecular flexibility index (Phi) is 71.8. The molecular weight excluding hydrogens is 968 g/mol. The molecule has 0 spiro atoms. The van der Waals surface area contributed by atoms with E-state index in [0.717, 1.165) is 30.8 Å². The molecule has 19 heteroatoms. The SMILES string of the molecule is C.C.C.C.C.C.C.C.C.C=C(C)C(=O)OCP(=O)(O)O.C=C(C)C(=O)OC[P+](C)(C)C.C=C(C)C(=O)OC[P+](C)(CC)Cc1ccccc1.C=C(C)C(=O)OC[P+](CC)(CC)CC.CS(=O)(=O)O. The normalized spacial score (nSPS) is 10.3. The van der Waals surface area contributed by atoms with E-state index in [1.54, 1.807) is 20.8 Å². The molecule has 68 heavy (non-hydrogen) atoms. The quantitative estimate of drug-likeness (QED) is 0.0410. The van der Waals surface area contributed by atoms with Crippen LogP contribution in [0.1, 0.15) is 128 Å². The van der Waals surface area contributed by atoms with Gasteiger partial charge in [0.2, 0.25) is 0 Å². The van der Waals surface area contributed by atoms with Gasteiger partial charge in [-0.05, 0) is 61.0 Å². The van der Waals surface area contributed by atoms with Gasteiger partial charge in [0.15, 0.2) is 25.4 Å². The van der Waals surface area contributed by atoms with Crippen LogP contribution in [0.3, 0.4) is 0 Å². The third kappa shape index (κ3) is 63.4. The molecule has 1 rings (SSSR count). The minimum absolute atomic E-state index is 0. The highest BCUT2D eigenvalue weighted by atomic mass is 32.2. The van der Waals surface area contributed by atoms with Crippen LogP contribution in [0.2, 0.25) is 0 Å². The molecule has 0 aliphatic rings. The topological polar surface area (TPSA) is 217 Å². The molecule has 0 saturated heterocycles. The first-order valence-corrected chi connectivity index (χ1v) is 30.7. The summed E-state index contributed by atoms with van der Waals surface area (Å²) in [5.41, 5.74) is 2.86. The van der Waals surface area contributed by atoms with Crippen LogP contribution in [0.25, 0.3) is 0 Å². The van der Waals surface area contributed by atoms with E-state index >= 15 is 0 Å². The number of rotatable bonds is 18. The number of hydrogen-bond acceptors (Lipinski definition) is 11. The summed E-state index contributed by atoms with van der Waals surface area (Å²) in [5.74, 6) is -1.60. The first kappa shape index (κ1) is 98.8. The van der Waals surface area contributed by atoms with E-state index in [4.69, 9.17) is 28.6 Å². The minimum atomic E-state index is -4.24. The number of esters is 4. The van der Waals surface area contributed by atoms with Gasteiger partial charge in [0.05, 0.1) is 78.2 Å². The molecule has 1 aromatic rings. The van der Waals surface area contributed by atoms with E-state index in [-0.39, 0.29) is 90.3 Å². The molecular formula is C49H109O14P4S+3. The lowest BCUT2D eigenvalue weighted by Crippen LogP contribution is -2.14. The Hall–Kier alpha value is -2.59. The molecule has 412 valence electrons. The number of hydrogen-bond donors (Lipinski definition) is 3. The lowest BCUT2D eigenvalue weighted by molar-refractivity contribution is -0.138. The Morgan fingerprint density at radius 3 is 1.09 bits per heavy atom. The molecule has 14 nitrogen and oxygen atoms in total. The third-order valence-electron chi connectivity index (χ3n) is 7.50. The van der Waals surface area contributed by atoms with Crippen molar-refractivity contribution in [1.29, 1.82) is 0 Å². The monoisotopic (exact) mass is 1080 g/mol. The summed E-state index contributed by atoms with van der Waals surface area (Å²) in [4.78, 5) is 60.6. The highest BCUT2D eigenvalue weighted by Gasteiger charge is 2.33. The first-order chi connectivity index (χ1) is 26.6. The molecule has 1 unspecified atom stereocenters. The first-order valence-electron chi connectivity index (χ1n) is 18.4. The standard InChI is InChI=1S/C15H22O2P.C11H22O2P.C8H16O2P.C5H9O5P.CH4O3S.9CH4/c1-5-18(4,12-17-15(16)13(2)3)11-14-9-7-6-8-10-14;1-6-14(7-2,8-3)9-13-11(12)10(4)5;1-7(2)8(9)10-6-11(3,4)5;1-4(2)5(6)10-3-11(7,8)9;1-5(2,3)4;;;;;;;;;/h6-10H,2,5,11-12H2,1,3-4H3;4,6-9H2,1-3,5H3;1,6H2,2-5H3;1,3H2,2H3,(H2,7,8,9);1H3,(H,2,3,4);9*1H4/q3*+1;;;;;;;;;;;. The summed E-state index contributed by atoms with van der Waals surface area (Å²) < 4.78 is 55.8. The molecule has 0 aliphatic heterocycles. The lowest BCUT2D eigenvalue weighted by atomic mass is 10.2. The summed E-state index contributed by atoms with van der Waals surface area (Å²) in [6.45, 7) is 37.7. The maximum Gasteiger partial charge on any atom is 0.362 e. The molecule has 0 fully saturated rings. The zero-order valence-electron chi connectivity index (χ0n) is 37.6. The van der Waals surface area contributed by atoms with Crippen LogP contribution in [0.4, 0.5) is 0 Å². The van der Waals surface area contributed by atoms with Gasteiger partial charge in [0.1, 0.15) is 0 Å². The fraction of sp³-hybridized carbons (Fsp3) is 0.633. The van der Waals surface area contributed by atoms with E-state index < -0.39 is 51.8 Å². The summed E-state index contributed by atoms with van der Waals surface area (Å²) >= 11 is 0. The molecule has 1 aromatic carbocycles. The van der Waals surface area contributed by atoms with Gasteiger partial charge in [-0.15, -0.1) is 0 Å². The van der Waals surface area contributed by atoms with Gasteiger partial charge < -0.3 is 28.7 Å². The number of carbonyl (C=O) groups is 4. The average molecular weight is 1080 g/mol. The third-order valence-corrected chi connectivity index (χ3v) is 17.0. The van der Waals surface area contributed by atoms with Crippen LogP contribution in [0, 0.1) is 0 Å². The van der Waals surface area contributed by atoms with Gasteiger partial charge >= 0.3 is 31.5 Å². The molecule has 0 aromatic heterocycles. The molecule has 0 radical (unpaired) electrons. The van der Waals surface area contributed by atoms with Crippen molar-refractivity contribution in [2.75, 3.05) is 83.0 Å². The zero-order valence-corrected chi connectivity index (χ0v) is 42.0. The summed E-state index contributed by atoms with van der Waals surface area (Å²) in [6, 6.07) is 10.4. The van der Waals surface area contributed by atoms with Crippen molar-refractivity contribution < 1.29 is 65.4 Å². The molecule has 0 amide bonds. The van der Waals surface area contributed by atoms with Gasteiger partial charge in [-0.25, -0.2) is 19.2 Å². The van der Waals surface area contributed by atoms with Crippen molar-refractivity contribution in [3.8, 4) is 0 Å². The Morgan fingerprint density at radius 2 is 0.838 bits per heavy atom. The molecule has 3 N–H and O–H groups in total. The largest absolute Gasteiger partial charge is 0.449 e. The average Bonchev–Trinajstić information content (AvgIpc) is 3.12. The predicted molar refractivity (Wildman–Crippen MR) is 310 cm³/mol. The summed E-state index contributed by atoms with van der Waals surface area (Å²) in [7, 11) is -11.2. The van der Waals surface area contributed by atoms with Gasteiger partial charge in [0.25, 0.3) is 10.1 Å². The van der Waals surface area contributed by atoms with Crippen LogP contribution in [0.15, 0.2) is 78.9 Å². The number of benzene rings is 1. The molecule has 0 aliphatic carbocycles. The fourth-order valence-electron chi connectivity index (χ4n) is 3.52. The van der Waals surface area contributed by atoms with E-state index in [1.807, 2.05) is 6.07 Å². The van der Waals surface area contributed by atoms with Gasteiger partial charge in [-0.1, -0.05) is 123 Å². The molecule has 0 heterocycles. The molecule has 0 bridgehead atoms. The van der Waals surface area contributed by atoms with Crippen molar-refractivity contribution in [3.05, 3.63) is 84.5 Å². The van der Waals surface area contributed by atoms with E-state index in [1.165, 1.54) is 12.5 Å². The second kappa shape index (κ2) is 49.4. The van der Waals surface area contributed by atoms with Crippen LogP contribution >= 0.6 is 29.4 Å². The summed E-state index contributed by atoms with van der Waals surface area (Å²) in [6.07, 6.45) is 7.12. The van der Waals surface area contributed by atoms with Crippen molar-refractivity contribution in [1.82, 2.24) is 0 Å². The predicted octanol–water partition coefficient (Wildman–Crippen LogP) is 14.5. The maximum absolute atomic E-state index is 11.5. The van der Waals surface area contributed by atoms with E-state index in [0.29, 0.717) is 42.0 Å². The highest BCUT2D eigenvalue weighted by Crippen LogP contribution is 2.58. The van der Waals surface area contributed by atoms with Crippen LogP contribution < -0.4 is 0 Å². The van der Waals surface area contributed by atoms with E-state index in [9.17, 15) is 32.2 Å². The van der Waals surface area contributed by atoms with Crippen LogP contribution in [0.5, 0.6) is 0 Å². The second-order valence-corrected chi connectivity index (χ2v) is 32.1. The van der Waals surface area contributed by atoms with Gasteiger partial charge in [-0.3, -0.25) is 9.12 Å². The van der Waals surface area contributed by atoms with Crippen molar-refractivity contribution >= 4 is 63.4 Å². The Morgan fingerprint density at radius 1 is 0.559 bits per heavy atom. The van der Waals surface area contributed by atoms with Crippen molar-refractivity contribution in [2.45, 2.75) is 128 Å². The molecule has 1 atom stereocenters. The van der Waals surface area contributed by atoms with E-state index in [2.05, 4.69) is 110 Å². The Labute approximate surface area is 422 Å². The smallest absolute Gasteiger partial charge is 0.362 e. The minimum Gasteiger partial charge on any atom is -0.449 e. The fourth-order valence-corrected chi connectivity index (χ4v) is 8.60. The van der Waals surface area contributed by atoms with Gasteiger partial charge in [0, 0.05) is 29.6 Å². The van der Waals surface area contributed by atoms with Gasteiger partial charge in [-0.2, -0.15) is 8.42 Å². The number of carbonyl (C=O) groups excluding carboxylic acids is 4. The lowest BCUT2D eigenvalue weighted by Gasteiger charge is -2.22. The van der Waals surface area contributed by atoms with Crippen molar-refractivity contribution in [3.63, 3.8) is 0 Å². The maximum atomic E-state index is 11.5. The Balaban J connectivity index is -0.0000000508. The zero-order chi connectivity index (χ0) is 47.4. The second-order valence-electron chi connectivity index (χ2n) is 14.9. The Bertz CT molecular complexity index is 1650. The summed E-state index contributed by atoms with van der Waals surface area (Å²) in [5, 5.41) is 0. The van der Waals surface area contributed by atoms with Crippen LogP contribution in [-0.2, 0) is 59.0 Å². The molecule has 0 saturated carbocycles. The van der Waals surface area contributed by atoms with Crippen LogP contribution in [-0.4, -0.2) is 130 Å². The number of ether oxygens (including phenoxy) is 4. The van der Waals surface area contributed by atoms with Crippen molar-refractivity contribution in [2.24, 2.45) is 0 Å².